The molecule has 2 aromatic rings. The summed E-state index contributed by atoms with van der Waals surface area (Å²) in [6, 6.07) is 17.7. The summed E-state index contributed by atoms with van der Waals surface area (Å²) in [6.07, 6.45) is 0. The highest BCUT2D eigenvalue weighted by Gasteiger charge is 2.61. The van der Waals surface area contributed by atoms with Gasteiger partial charge >= 0.3 is 0 Å². The van der Waals surface area contributed by atoms with Crippen LogP contribution in [-0.4, -0.2) is 17.8 Å². The topological polar surface area (TPSA) is 21.3 Å². The Hall–Kier alpha value is -1.45. The second-order valence-electron chi connectivity index (χ2n) is 6.19. The summed E-state index contributed by atoms with van der Waals surface area (Å²) >= 11 is 2.01. The summed E-state index contributed by atoms with van der Waals surface area (Å²) in [5.74, 6) is 1.52. The lowest BCUT2D eigenvalue weighted by Gasteiger charge is -2.51. The van der Waals surface area contributed by atoms with Crippen molar-refractivity contribution in [2.45, 2.75) is 34.6 Å². The fourth-order valence-electron chi connectivity index (χ4n) is 4.32. The largest absolute Gasteiger partial charge is 0.480 e. The molecule has 4 atom stereocenters. The highest BCUT2D eigenvalue weighted by atomic mass is 32.2. The highest BCUT2D eigenvalue weighted by Crippen LogP contribution is 2.62. The average Bonchev–Trinajstić information content (AvgIpc) is 2.89. The van der Waals surface area contributed by atoms with Crippen LogP contribution in [0, 0.1) is 0 Å². The van der Waals surface area contributed by atoms with Crippen LogP contribution in [0.2, 0.25) is 0 Å². The lowest BCUT2D eigenvalue weighted by atomic mass is 9.70. The molecule has 0 aliphatic carbocycles. The van der Waals surface area contributed by atoms with E-state index < -0.39 is 0 Å². The van der Waals surface area contributed by atoms with Crippen molar-refractivity contribution < 1.29 is 4.74 Å². The normalized spacial score (nSPS) is 35.4. The third kappa shape index (κ3) is 1.39. The Bertz CT molecular complexity index is 731. The Kier molecular flexibility index (Phi) is 2.34. The van der Waals surface area contributed by atoms with E-state index in [1.54, 1.807) is 0 Å². The second kappa shape index (κ2) is 4.05. The molecule has 0 aromatic heterocycles. The summed E-state index contributed by atoms with van der Waals surface area (Å²) in [5, 5.41) is 4.22. The number of fused-ring (bicyclic) bond motifs is 2. The summed E-state index contributed by atoms with van der Waals surface area (Å²) in [4.78, 5) is 1.39. The molecule has 3 heteroatoms. The molecule has 1 N–H and O–H groups in total. The maximum atomic E-state index is 6.63. The van der Waals surface area contributed by atoms with Crippen LogP contribution >= 0.6 is 11.8 Å². The minimum absolute atomic E-state index is 0.242. The lowest BCUT2D eigenvalue weighted by molar-refractivity contribution is 0.00552. The first kappa shape index (κ1) is 12.1. The summed E-state index contributed by atoms with van der Waals surface area (Å²) in [7, 11) is 0. The average molecular weight is 295 g/mol. The van der Waals surface area contributed by atoms with Crippen molar-refractivity contribution in [2.75, 3.05) is 6.54 Å². The first-order valence-corrected chi connectivity index (χ1v) is 8.46. The molecule has 0 unspecified atom stereocenters. The van der Waals surface area contributed by atoms with Gasteiger partial charge < -0.3 is 10.1 Å². The van der Waals surface area contributed by atoms with E-state index in [-0.39, 0.29) is 5.60 Å². The van der Waals surface area contributed by atoms with Gasteiger partial charge in [-0.05, 0) is 19.1 Å². The quantitative estimate of drug-likeness (QED) is 0.803. The molecule has 0 spiro atoms. The van der Waals surface area contributed by atoms with E-state index in [1.807, 2.05) is 11.8 Å². The standard InChI is InChI=1S/C18H17NOS/c1-11-18-13-7-3-5-9-15(13)21-16(10-19-11)17(18)12-6-2-4-8-14(12)20-18/h2-9,11,16-17,19H,10H2,1H3/t11-,16+,17+,18-/m1/s1. The summed E-state index contributed by atoms with van der Waals surface area (Å²) in [5.41, 5.74) is 2.50. The molecule has 3 heterocycles. The molecule has 2 nitrogen and oxygen atoms in total. The van der Waals surface area contributed by atoms with E-state index in [2.05, 4.69) is 60.8 Å². The van der Waals surface area contributed by atoms with Crippen molar-refractivity contribution in [3.05, 3.63) is 59.7 Å². The molecule has 21 heavy (non-hydrogen) atoms. The van der Waals surface area contributed by atoms with Crippen LogP contribution in [0.1, 0.15) is 24.0 Å². The van der Waals surface area contributed by atoms with Gasteiger partial charge in [0.1, 0.15) is 5.75 Å². The van der Waals surface area contributed by atoms with Crippen molar-refractivity contribution in [3.63, 3.8) is 0 Å². The van der Waals surface area contributed by atoms with Crippen LogP contribution in [0.3, 0.4) is 0 Å². The Balaban J connectivity index is 1.82. The zero-order valence-electron chi connectivity index (χ0n) is 11.9. The monoisotopic (exact) mass is 295 g/mol. The third-order valence-corrected chi connectivity index (χ3v) is 6.57. The van der Waals surface area contributed by atoms with Gasteiger partial charge in [0.2, 0.25) is 0 Å². The van der Waals surface area contributed by atoms with E-state index in [0.29, 0.717) is 17.2 Å². The minimum Gasteiger partial charge on any atom is -0.480 e. The molecule has 0 radical (unpaired) electrons. The number of benzene rings is 2. The number of para-hydroxylation sites is 1. The number of thioether (sulfide) groups is 1. The molecule has 3 aliphatic heterocycles. The van der Waals surface area contributed by atoms with Gasteiger partial charge in [0, 0.05) is 39.8 Å². The zero-order chi connectivity index (χ0) is 14.0. The van der Waals surface area contributed by atoms with Crippen molar-refractivity contribution in [3.8, 4) is 5.75 Å². The first-order chi connectivity index (χ1) is 10.3. The maximum absolute atomic E-state index is 6.63. The van der Waals surface area contributed by atoms with Gasteiger partial charge in [0.15, 0.2) is 5.60 Å². The van der Waals surface area contributed by atoms with Crippen LogP contribution in [0.4, 0.5) is 0 Å². The Morgan fingerprint density at radius 3 is 2.90 bits per heavy atom. The molecule has 1 fully saturated rings. The van der Waals surface area contributed by atoms with Crippen LogP contribution in [0.25, 0.3) is 0 Å². The fraction of sp³-hybridized carbons (Fsp3) is 0.333. The van der Waals surface area contributed by atoms with E-state index in [0.717, 1.165) is 12.3 Å². The number of hydrogen-bond donors (Lipinski definition) is 1. The molecule has 0 saturated carbocycles. The van der Waals surface area contributed by atoms with Gasteiger partial charge in [-0.25, -0.2) is 0 Å². The predicted molar refractivity (Wildman–Crippen MR) is 85.0 cm³/mol. The van der Waals surface area contributed by atoms with Crippen LogP contribution in [0.15, 0.2) is 53.4 Å². The summed E-state index contributed by atoms with van der Waals surface area (Å²) < 4.78 is 6.63. The number of hydrogen-bond acceptors (Lipinski definition) is 3. The smallest absolute Gasteiger partial charge is 0.158 e. The molecular weight excluding hydrogens is 278 g/mol. The van der Waals surface area contributed by atoms with Gasteiger partial charge in [0.05, 0.1) is 0 Å². The molecular formula is C18H17NOS. The SMILES string of the molecule is C[C@H]1NC[C@@H]2Sc3ccccc3[C@]13Oc1ccccc1[C@@H]23. The van der Waals surface area contributed by atoms with Crippen molar-refractivity contribution in [2.24, 2.45) is 0 Å². The fourth-order valence-corrected chi connectivity index (χ4v) is 5.83. The second-order valence-corrected chi connectivity index (χ2v) is 7.47. The van der Waals surface area contributed by atoms with Crippen molar-refractivity contribution in [1.29, 1.82) is 0 Å². The van der Waals surface area contributed by atoms with Crippen LogP contribution < -0.4 is 10.1 Å². The van der Waals surface area contributed by atoms with Crippen LogP contribution in [0.5, 0.6) is 5.75 Å². The van der Waals surface area contributed by atoms with Gasteiger partial charge in [-0.2, -0.15) is 0 Å². The lowest BCUT2D eigenvalue weighted by Crippen LogP contribution is -2.62. The van der Waals surface area contributed by atoms with E-state index in [1.165, 1.54) is 16.0 Å². The number of ether oxygens (including phenoxy) is 1. The Labute approximate surface area is 128 Å². The molecule has 106 valence electrons. The third-order valence-electron chi connectivity index (χ3n) is 5.22. The zero-order valence-corrected chi connectivity index (χ0v) is 12.7. The molecule has 2 aromatic carbocycles. The summed E-state index contributed by atoms with van der Waals surface area (Å²) in [6.45, 7) is 3.31. The Morgan fingerprint density at radius 2 is 1.95 bits per heavy atom. The number of rotatable bonds is 0. The van der Waals surface area contributed by atoms with E-state index in [4.69, 9.17) is 4.74 Å². The van der Waals surface area contributed by atoms with Crippen molar-refractivity contribution >= 4 is 11.8 Å². The highest BCUT2D eigenvalue weighted by molar-refractivity contribution is 8.00. The van der Waals surface area contributed by atoms with Gasteiger partial charge in [-0.1, -0.05) is 36.4 Å². The van der Waals surface area contributed by atoms with Crippen molar-refractivity contribution in [1.82, 2.24) is 5.32 Å². The van der Waals surface area contributed by atoms with E-state index in [9.17, 15) is 0 Å². The number of nitrogens with one attached hydrogen (secondary N) is 1. The minimum atomic E-state index is -0.242. The predicted octanol–water partition coefficient (Wildman–Crippen LogP) is 3.52. The number of piperidine rings is 1. The van der Waals surface area contributed by atoms with Gasteiger partial charge in [0.25, 0.3) is 0 Å². The molecule has 5 rings (SSSR count). The molecule has 2 bridgehead atoms. The van der Waals surface area contributed by atoms with Crippen LogP contribution in [-0.2, 0) is 5.60 Å². The van der Waals surface area contributed by atoms with Gasteiger partial charge in [-0.3, -0.25) is 0 Å². The molecule has 3 aliphatic rings. The maximum Gasteiger partial charge on any atom is 0.158 e. The Morgan fingerprint density at radius 1 is 1.14 bits per heavy atom. The molecule has 1 saturated heterocycles. The molecule has 0 amide bonds. The van der Waals surface area contributed by atoms with Gasteiger partial charge in [-0.15, -0.1) is 11.8 Å². The van der Waals surface area contributed by atoms with E-state index >= 15 is 0 Å². The first-order valence-electron chi connectivity index (χ1n) is 7.58.